The molecule has 0 saturated carbocycles. The fourth-order valence-corrected chi connectivity index (χ4v) is 3.33. The Morgan fingerprint density at radius 1 is 1.28 bits per heavy atom. The maximum absolute atomic E-state index is 13.6. The molecule has 2 aromatic rings. The molecule has 0 unspecified atom stereocenters. The van der Waals surface area contributed by atoms with Gasteiger partial charge in [0.2, 0.25) is 11.8 Å². The number of amides is 3. The van der Waals surface area contributed by atoms with Gasteiger partial charge in [-0.05, 0) is 12.1 Å². The molecule has 1 aromatic heterocycles. The number of halogens is 2. The Morgan fingerprint density at radius 2 is 2.00 bits per heavy atom. The molecule has 1 aliphatic rings. The fourth-order valence-electron chi connectivity index (χ4n) is 3.33. The molecule has 0 spiro atoms. The second-order valence-corrected chi connectivity index (χ2v) is 8.67. The minimum Gasteiger partial charge on any atom is -0.343 e. The number of nitrogens with zero attached hydrogens (tertiary/aromatic N) is 3. The van der Waals surface area contributed by atoms with E-state index in [0.29, 0.717) is 16.6 Å². The average molecular weight is 443 g/mol. The van der Waals surface area contributed by atoms with Crippen LogP contribution in [-0.4, -0.2) is 52.7 Å². The van der Waals surface area contributed by atoms with E-state index < -0.39 is 48.7 Å². The molecule has 1 aromatic carbocycles. The number of fused-ring (bicyclic) bond motifs is 1. The van der Waals surface area contributed by atoms with Crippen molar-refractivity contribution in [1.82, 2.24) is 15.2 Å². The zero-order valence-corrected chi connectivity index (χ0v) is 17.9. The quantitative estimate of drug-likeness (QED) is 0.754. The lowest BCUT2D eigenvalue weighted by Gasteiger charge is -2.20. The van der Waals surface area contributed by atoms with Crippen LogP contribution in [0, 0.1) is 16.7 Å². The molecule has 0 aliphatic carbocycles. The summed E-state index contributed by atoms with van der Waals surface area (Å²) >= 11 is 0. The zero-order chi connectivity index (χ0) is 23.7. The van der Waals surface area contributed by atoms with Crippen LogP contribution in [0.2, 0.25) is 0 Å². The number of carbonyl (C=O) groups excluding carboxylic acids is 3. The largest absolute Gasteiger partial charge is 0.343 e. The first-order valence-electron chi connectivity index (χ1n) is 9.97. The number of likely N-dealkylation sites (tertiary alicyclic amines) is 1. The fraction of sp³-hybridized carbons (Fsp3) is 0.409. The molecule has 2 heterocycles. The van der Waals surface area contributed by atoms with Crippen LogP contribution in [0.4, 0.5) is 14.5 Å². The predicted octanol–water partition coefficient (Wildman–Crippen LogP) is 2.71. The molecule has 1 saturated heterocycles. The number of para-hydroxylation sites is 1. The van der Waals surface area contributed by atoms with Crippen LogP contribution in [0.15, 0.2) is 30.5 Å². The van der Waals surface area contributed by atoms with E-state index in [1.165, 1.54) is 12.3 Å². The molecule has 0 radical (unpaired) electrons. The standard InChI is InChI=1S/C22H23F2N5O3/c1-21(2,3)20(32)28-16-6-4-5-14-15(7-8-26-18(14)16)19(31)27-11-17(30)29-12-22(23,24)9-13(29)10-25/h4-8,13H,9,11-12H2,1-3H3,(H,27,31)(H,28,32)/t13-/m0/s1. The molecule has 1 atom stereocenters. The third-order valence-corrected chi connectivity index (χ3v) is 5.08. The van der Waals surface area contributed by atoms with E-state index in [2.05, 4.69) is 15.6 Å². The number of hydrogen-bond donors (Lipinski definition) is 2. The first-order valence-corrected chi connectivity index (χ1v) is 9.97. The van der Waals surface area contributed by atoms with E-state index in [1.54, 1.807) is 45.0 Å². The van der Waals surface area contributed by atoms with Gasteiger partial charge in [0.25, 0.3) is 11.8 Å². The summed E-state index contributed by atoms with van der Waals surface area (Å²) in [5.74, 6) is -4.72. The summed E-state index contributed by atoms with van der Waals surface area (Å²) < 4.78 is 27.1. The maximum Gasteiger partial charge on any atom is 0.268 e. The highest BCUT2D eigenvalue weighted by atomic mass is 19.3. The topological polar surface area (TPSA) is 115 Å². The minimum atomic E-state index is -3.13. The number of benzene rings is 1. The van der Waals surface area contributed by atoms with Gasteiger partial charge in [-0.15, -0.1) is 0 Å². The van der Waals surface area contributed by atoms with Gasteiger partial charge in [0.15, 0.2) is 0 Å². The van der Waals surface area contributed by atoms with E-state index in [4.69, 9.17) is 5.26 Å². The molecule has 0 bridgehead atoms. The molecule has 2 N–H and O–H groups in total. The third kappa shape index (κ3) is 4.82. The van der Waals surface area contributed by atoms with Crippen LogP contribution < -0.4 is 10.6 Å². The van der Waals surface area contributed by atoms with Crippen molar-refractivity contribution in [2.75, 3.05) is 18.4 Å². The van der Waals surface area contributed by atoms with Gasteiger partial charge in [-0.2, -0.15) is 5.26 Å². The normalized spacial score (nSPS) is 17.6. The van der Waals surface area contributed by atoms with Crippen molar-refractivity contribution >= 4 is 34.3 Å². The second kappa shape index (κ2) is 8.49. The van der Waals surface area contributed by atoms with E-state index >= 15 is 0 Å². The number of rotatable bonds is 4. The van der Waals surface area contributed by atoms with E-state index in [1.807, 2.05) is 0 Å². The number of nitriles is 1. The Kier molecular flexibility index (Phi) is 6.12. The smallest absolute Gasteiger partial charge is 0.268 e. The van der Waals surface area contributed by atoms with Gasteiger partial charge in [0.05, 0.1) is 35.9 Å². The van der Waals surface area contributed by atoms with Crippen molar-refractivity contribution in [2.24, 2.45) is 5.41 Å². The van der Waals surface area contributed by atoms with Crippen LogP contribution in [-0.2, 0) is 9.59 Å². The van der Waals surface area contributed by atoms with Gasteiger partial charge < -0.3 is 15.5 Å². The number of alkyl halides is 2. The first kappa shape index (κ1) is 23.1. The van der Waals surface area contributed by atoms with Crippen LogP contribution >= 0.6 is 0 Å². The van der Waals surface area contributed by atoms with Gasteiger partial charge in [0, 0.05) is 23.4 Å². The number of pyridine rings is 1. The molecule has 32 heavy (non-hydrogen) atoms. The molecule has 10 heteroatoms. The Bertz CT molecular complexity index is 1120. The molecule has 1 fully saturated rings. The van der Waals surface area contributed by atoms with Crippen molar-refractivity contribution in [3.8, 4) is 6.07 Å². The summed E-state index contributed by atoms with van der Waals surface area (Å²) in [6.45, 7) is 3.92. The predicted molar refractivity (Wildman–Crippen MR) is 113 cm³/mol. The lowest BCUT2D eigenvalue weighted by molar-refractivity contribution is -0.131. The Hall–Kier alpha value is -3.61. The minimum absolute atomic E-state index is 0.207. The Labute approximate surface area is 183 Å². The summed E-state index contributed by atoms with van der Waals surface area (Å²) in [7, 11) is 0. The molecule has 168 valence electrons. The number of nitrogens with one attached hydrogen (secondary N) is 2. The van der Waals surface area contributed by atoms with Crippen molar-refractivity contribution in [1.29, 1.82) is 5.26 Å². The molecule has 1 aliphatic heterocycles. The Balaban J connectivity index is 1.78. The SMILES string of the molecule is CC(C)(C)C(=O)Nc1cccc2c(C(=O)NCC(=O)N3CC(F)(F)C[C@H]3C#N)ccnc12. The summed E-state index contributed by atoms with van der Waals surface area (Å²) in [5.41, 5.74) is 0.404. The third-order valence-electron chi connectivity index (χ3n) is 5.08. The maximum atomic E-state index is 13.6. The molecule has 3 amide bonds. The monoisotopic (exact) mass is 443 g/mol. The molecule has 3 rings (SSSR count). The highest BCUT2D eigenvalue weighted by molar-refractivity contribution is 6.11. The number of aromatic nitrogens is 1. The second-order valence-electron chi connectivity index (χ2n) is 8.67. The van der Waals surface area contributed by atoms with Gasteiger partial charge >= 0.3 is 0 Å². The lowest BCUT2D eigenvalue weighted by atomic mass is 9.95. The number of hydrogen-bond acceptors (Lipinski definition) is 5. The summed E-state index contributed by atoms with van der Waals surface area (Å²) in [5, 5.41) is 14.7. The van der Waals surface area contributed by atoms with Crippen molar-refractivity contribution in [3.05, 3.63) is 36.0 Å². The highest BCUT2D eigenvalue weighted by Crippen LogP contribution is 2.31. The lowest BCUT2D eigenvalue weighted by Crippen LogP contribution is -2.43. The van der Waals surface area contributed by atoms with Gasteiger partial charge in [-0.25, -0.2) is 8.78 Å². The van der Waals surface area contributed by atoms with Gasteiger partial charge in [-0.1, -0.05) is 32.9 Å². The summed E-state index contributed by atoms with van der Waals surface area (Å²) in [4.78, 5) is 42.5. The zero-order valence-electron chi connectivity index (χ0n) is 17.9. The van der Waals surface area contributed by atoms with E-state index in [9.17, 15) is 23.2 Å². The molecule has 8 nitrogen and oxygen atoms in total. The highest BCUT2D eigenvalue weighted by Gasteiger charge is 2.47. The van der Waals surface area contributed by atoms with Gasteiger partial charge in [-0.3, -0.25) is 19.4 Å². The van der Waals surface area contributed by atoms with Crippen LogP contribution in [0.25, 0.3) is 10.9 Å². The van der Waals surface area contributed by atoms with Crippen molar-refractivity contribution in [2.45, 2.75) is 39.2 Å². The first-order chi connectivity index (χ1) is 14.9. The van der Waals surface area contributed by atoms with Gasteiger partial charge in [0.1, 0.15) is 6.04 Å². The van der Waals surface area contributed by atoms with E-state index in [-0.39, 0.29) is 11.5 Å². The molecular weight excluding hydrogens is 420 g/mol. The number of anilines is 1. The van der Waals surface area contributed by atoms with Crippen LogP contribution in [0.1, 0.15) is 37.6 Å². The van der Waals surface area contributed by atoms with Crippen LogP contribution in [0.3, 0.4) is 0 Å². The summed E-state index contributed by atoms with van der Waals surface area (Å²) in [6, 6.07) is 6.90. The van der Waals surface area contributed by atoms with Crippen molar-refractivity contribution in [3.63, 3.8) is 0 Å². The van der Waals surface area contributed by atoms with E-state index in [0.717, 1.165) is 4.90 Å². The van der Waals surface area contributed by atoms with Crippen LogP contribution in [0.5, 0.6) is 0 Å². The molecular formula is C22H23F2N5O3. The average Bonchev–Trinajstić information content (AvgIpc) is 3.05. The summed E-state index contributed by atoms with van der Waals surface area (Å²) in [6.07, 6.45) is 0.680. The Morgan fingerprint density at radius 3 is 2.66 bits per heavy atom. The number of carbonyl (C=O) groups is 3. The van der Waals surface area contributed by atoms with Crippen molar-refractivity contribution < 1.29 is 23.2 Å².